The van der Waals surface area contributed by atoms with Crippen molar-refractivity contribution < 1.29 is 4.79 Å². The number of carbonyl (C=O) groups excluding carboxylic acids is 1. The number of benzene rings is 1. The summed E-state index contributed by atoms with van der Waals surface area (Å²) in [5.74, 6) is 0.0903. The summed E-state index contributed by atoms with van der Waals surface area (Å²) >= 11 is 4.80. The van der Waals surface area contributed by atoms with E-state index in [2.05, 4.69) is 15.9 Å². The number of ketones is 1. The van der Waals surface area contributed by atoms with Gasteiger partial charge in [0.15, 0.2) is 0 Å². The van der Waals surface area contributed by atoms with Crippen LogP contribution >= 0.6 is 27.3 Å². The minimum atomic E-state index is 0.0903. The lowest BCUT2D eigenvalue weighted by atomic mass is 10.1. The number of halogens is 1. The molecule has 1 heterocycles. The Balaban J connectivity index is 2.33. The molecule has 0 radical (unpaired) electrons. The smallest absolute Gasteiger partial charge is 0.202 e. The third-order valence-corrected chi connectivity index (χ3v) is 3.25. The van der Waals surface area contributed by atoms with Crippen molar-refractivity contribution in [2.75, 3.05) is 0 Å². The molecule has 0 amide bonds. The monoisotopic (exact) mass is 266 g/mol. The van der Waals surface area contributed by atoms with E-state index in [9.17, 15) is 4.79 Å². The Morgan fingerprint density at radius 3 is 2.43 bits per heavy atom. The molecule has 3 heteroatoms. The van der Waals surface area contributed by atoms with Gasteiger partial charge in [0.05, 0.1) is 4.88 Å². The fourth-order valence-corrected chi connectivity index (χ4v) is 2.10. The van der Waals surface area contributed by atoms with Crippen LogP contribution in [0.2, 0.25) is 0 Å². The van der Waals surface area contributed by atoms with Crippen LogP contribution in [0, 0.1) is 0 Å². The maximum Gasteiger partial charge on any atom is 0.202 e. The Morgan fingerprint density at radius 1 is 1.14 bits per heavy atom. The summed E-state index contributed by atoms with van der Waals surface area (Å²) in [6.07, 6.45) is 0. The van der Waals surface area contributed by atoms with Gasteiger partial charge in [0, 0.05) is 10.0 Å². The van der Waals surface area contributed by atoms with Crippen LogP contribution in [-0.2, 0) is 0 Å². The first-order chi connectivity index (χ1) is 6.77. The molecule has 1 aromatic heterocycles. The highest BCUT2D eigenvalue weighted by Gasteiger charge is 2.08. The van der Waals surface area contributed by atoms with E-state index < -0.39 is 0 Å². The quantitative estimate of drug-likeness (QED) is 0.757. The van der Waals surface area contributed by atoms with Crippen LogP contribution in [0.5, 0.6) is 0 Å². The van der Waals surface area contributed by atoms with Crippen molar-refractivity contribution in [2.45, 2.75) is 0 Å². The van der Waals surface area contributed by atoms with Crippen LogP contribution in [0.15, 0.2) is 46.3 Å². The molecule has 0 atom stereocenters. The molecule has 0 unspecified atom stereocenters. The largest absolute Gasteiger partial charge is 0.288 e. The van der Waals surface area contributed by atoms with E-state index in [4.69, 9.17) is 0 Å². The van der Waals surface area contributed by atoms with Crippen LogP contribution in [-0.4, -0.2) is 5.78 Å². The molecule has 0 spiro atoms. The van der Waals surface area contributed by atoms with Crippen LogP contribution in [0.3, 0.4) is 0 Å². The lowest BCUT2D eigenvalue weighted by molar-refractivity contribution is 0.104. The number of thiophene rings is 1. The van der Waals surface area contributed by atoms with E-state index in [1.54, 1.807) is 0 Å². The summed E-state index contributed by atoms with van der Waals surface area (Å²) in [6.45, 7) is 0. The first-order valence-corrected chi connectivity index (χ1v) is 5.78. The van der Waals surface area contributed by atoms with Crippen LogP contribution in [0.25, 0.3) is 0 Å². The summed E-state index contributed by atoms with van der Waals surface area (Å²) in [5, 5.41) is 1.91. The SMILES string of the molecule is O=C(c1ccc(Br)cc1)c1cccs1. The Hall–Kier alpha value is -0.930. The van der Waals surface area contributed by atoms with Crippen molar-refractivity contribution in [1.29, 1.82) is 0 Å². The van der Waals surface area contributed by atoms with Crippen LogP contribution in [0.1, 0.15) is 15.2 Å². The number of carbonyl (C=O) groups is 1. The maximum atomic E-state index is 11.8. The predicted molar refractivity (Wildman–Crippen MR) is 61.9 cm³/mol. The fourth-order valence-electron chi connectivity index (χ4n) is 1.15. The first kappa shape index (κ1) is 9.62. The van der Waals surface area contributed by atoms with Crippen molar-refractivity contribution in [2.24, 2.45) is 0 Å². The second-order valence-corrected chi connectivity index (χ2v) is 4.68. The molecule has 2 rings (SSSR count). The van der Waals surface area contributed by atoms with Gasteiger partial charge < -0.3 is 0 Å². The average Bonchev–Trinajstić information content (AvgIpc) is 2.71. The summed E-state index contributed by atoms with van der Waals surface area (Å²) in [5.41, 5.74) is 0.732. The van der Waals surface area contributed by atoms with Crippen molar-refractivity contribution >= 4 is 33.0 Å². The Labute approximate surface area is 94.5 Å². The molecule has 0 saturated heterocycles. The van der Waals surface area contributed by atoms with Crippen molar-refractivity contribution in [3.8, 4) is 0 Å². The molecular formula is C11H7BrOS. The topological polar surface area (TPSA) is 17.1 Å². The van der Waals surface area contributed by atoms with E-state index in [-0.39, 0.29) is 5.78 Å². The van der Waals surface area contributed by atoms with Gasteiger partial charge in [-0.25, -0.2) is 0 Å². The summed E-state index contributed by atoms with van der Waals surface area (Å²) in [4.78, 5) is 12.6. The third kappa shape index (κ3) is 1.94. The molecule has 0 aliphatic carbocycles. The molecule has 1 nitrogen and oxygen atoms in total. The third-order valence-electron chi connectivity index (χ3n) is 1.85. The molecule has 1 aromatic carbocycles. The van der Waals surface area contributed by atoms with Crippen LogP contribution < -0.4 is 0 Å². The van der Waals surface area contributed by atoms with Gasteiger partial charge >= 0.3 is 0 Å². The number of hydrogen-bond donors (Lipinski definition) is 0. The van der Waals surface area contributed by atoms with Crippen LogP contribution in [0.4, 0.5) is 0 Å². The van der Waals surface area contributed by atoms with E-state index in [1.165, 1.54) is 11.3 Å². The van der Waals surface area contributed by atoms with E-state index in [1.807, 2.05) is 41.8 Å². The molecule has 2 aromatic rings. The average molecular weight is 267 g/mol. The van der Waals surface area contributed by atoms with Gasteiger partial charge in [0.1, 0.15) is 0 Å². The van der Waals surface area contributed by atoms with E-state index in [0.29, 0.717) is 0 Å². The standard InChI is InChI=1S/C11H7BrOS/c12-9-5-3-8(4-6-9)11(13)10-2-1-7-14-10/h1-7H. The van der Waals surface area contributed by atoms with Crippen molar-refractivity contribution in [3.05, 3.63) is 56.7 Å². The molecule has 0 saturated carbocycles. The van der Waals surface area contributed by atoms with Gasteiger partial charge in [-0.1, -0.05) is 22.0 Å². The molecule has 70 valence electrons. The van der Waals surface area contributed by atoms with Gasteiger partial charge in [-0.3, -0.25) is 4.79 Å². The maximum absolute atomic E-state index is 11.8. The van der Waals surface area contributed by atoms with Gasteiger partial charge in [0.2, 0.25) is 5.78 Å². The zero-order valence-electron chi connectivity index (χ0n) is 7.24. The molecule has 0 N–H and O–H groups in total. The van der Waals surface area contributed by atoms with Gasteiger partial charge in [-0.05, 0) is 35.7 Å². The minimum Gasteiger partial charge on any atom is -0.288 e. The summed E-state index contributed by atoms with van der Waals surface area (Å²) in [6, 6.07) is 11.1. The molecule has 0 fully saturated rings. The molecule has 0 aliphatic heterocycles. The highest BCUT2D eigenvalue weighted by Crippen LogP contribution is 2.17. The highest BCUT2D eigenvalue weighted by molar-refractivity contribution is 9.10. The summed E-state index contributed by atoms with van der Waals surface area (Å²) < 4.78 is 0.986. The fraction of sp³-hybridized carbons (Fsp3) is 0. The Kier molecular flexibility index (Phi) is 2.79. The molecule has 0 aliphatic rings. The molecule has 14 heavy (non-hydrogen) atoms. The zero-order valence-corrected chi connectivity index (χ0v) is 9.64. The second-order valence-electron chi connectivity index (χ2n) is 2.81. The van der Waals surface area contributed by atoms with E-state index in [0.717, 1.165) is 14.9 Å². The number of hydrogen-bond acceptors (Lipinski definition) is 2. The highest BCUT2D eigenvalue weighted by atomic mass is 79.9. The Morgan fingerprint density at radius 2 is 1.86 bits per heavy atom. The molecule has 0 bridgehead atoms. The van der Waals surface area contributed by atoms with Crippen molar-refractivity contribution in [1.82, 2.24) is 0 Å². The predicted octanol–water partition coefficient (Wildman–Crippen LogP) is 3.74. The summed E-state index contributed by atoms with van der Waals surface area (Å²) in [7, 11) is 0. The lowest BCUT2D eigenvalue weighted by Gasteiger charge is -1.97. The van der Waals surface area contributed by atoms with E-state index >= 15 is 0 Å². The minimum absolute atomic E-state index is 0.0903. The number of rotatable bonds is 2. The second kappa shape index (κ2) is 4.07. The van der Waals surface area contributed by atoms with Gasteiger partial charge in [-0.2, -0.15) is 0 Å². The molecular weight excluding hydrogens is 260 g/mol. The Bertz CT molecular complexity index is 431. The van der Waals surface area contributed by atoms with Crippen molar-refractivity contribution in [3.63, 3.8) is 0 Å². The van der Waals surface area contributed by atoms with Gasteiger partial charge in [0.25, 0.3) is 0 Å². The lowest BCUT2D eigenvalue weighted by Crippen LogP contribution is -1.97. The normalized spacial score (nSPS) is 10.1. The first-order valence-electron chi connectivity index (χ1n) is 4.11. The zero-order chi connectivity index (χ0) is 9.97. The van der Waals surface area contributed by atoms with Gasteiger partial charge in [-0.15, -0.1) is 11.3 Å².